The highest BCUT2D eigenvalue weighted by Crippen LogP contribution is 2.08. The second kappa shape index (κ2) is 7.04. The van der Waals surface area contributed by atoms with E-state index in [9.17, 15) is 9.90 Å². The monoisotopic (exact) mass is 287 g/mol. The molecule has 5 heteroatoms. The maximum absolute atomic E-state index is 11.6. The van der Waals surface area contributed by atoms with Gasteiger partial charge in [0.25, 0.3) is 0 Å². The summed E-state index contributed by atoms with van der Waals surface area (Å²) in [4.78, 5) is 17.8. The molecule has 112 valence electrons. The summed E-state index contributed by atoms with van der Waals surface area (Å²) in [5.74, 6) is -0.207. The van der Waals surface area contributed by atoms with E-state index < -0.39 is 0 Å². The summed E-state index contributed by atoms with van der Waals surface area (Å²) < 4.78 is 1.80. The van der Waals surface area contributed by atoms with Gasteiger partial charge < -0.3 is 9.67 Å². The Balaban J connectivity index is 2.02. The maximum Gasteiger partial charge on any atom is 0.223 e. The average Bonchev–Trinajstić information content (AvgIpc) is 2.49. The van der Waals surface area contributed by atoms with Crippen LogP contribution in [0.25, 0.3) is 0 Å². The lowest BCUT2D eigenvalue weighted by Crippen LogP contribution is -2.27. The van der Waals surface area contributed by atoms with Crippen molar-refractivity contribution in [2.45, 2.75) is 19.9 Å². The molecule has 0 saturated carbocycles. The largest absolute Gasteiger partial charge is 0.503 e. The Kier molecular flexibility index (Phi) is 5.11. The zero-order valence-electron chi connectivity index (χ0n) is 12.5. The van der Waals surface area contributed by atoms with E-state index in [1.54, 1.807) is 17.0 Å². The van der Waals surface area contributed by atoms with Gasteiger partial charge in [0.15, 0.2) is 5.75 Å². The second-order valence-electron chi connectivity index (χ2n) is 5.10. The van der Waals surface area contributed by atoms with Gasteiger partial charge in [-0.05, 0) is 30.7 Å². The van der Waals surface area contributed by atoms with Gasteiger partial charge in [-0.15, -0.1) is 0 Å². The molecule has 0 amide bonds. The lowest BCUT2D eigenvalue weighted by Gasteiger charge is -2.22. The Bertz CT molecular complexity index is 638. The van der Waals surface area contributed by atoms with E-state index >= 15 is 0 Å². The normalized spacial score (nSPS) is 11.0. The molecule has 2 rings (SSSR count). The highest BCUT2D eigenvalue weighted by molar-refractivity contribution is 5.20. The third-order valence-electron chi connectivity index (χ3n) is 3.62. The fourth-order valence-corrected chi connectivity index (χ4v) is 2.23. The highest BCUT2D eigenvalue weighted by atomic mass is 16.3. The third kappa shape index (κ3) is 4.16. The van der Waals surface area contributed by atoms with Crippen LogP contribution in [0.4, 0.5) is 0 Å². The van der Waals surface area contributed by atoms with Crippen molar-refractivity contribution in [2.24, 2.45) is 7.05 Å². The van der Waals surface area contributed by atoms with Crippen molar-refractivity contribution in [1.82, 2.24) is 14.5 Å². The van der Waals surface area contributed by atoms with Gasteiger partial charge in [0.2, 0.25) is 5.43 Å². The van der Waals surface area contributed by atoms with Crippen LogP contribution in [0.1, 0.15) is 18.2 Å². The molecule has 2 aromatic rings. The van der Waals surface area contributed by atoms with Crippen molar-refractivity contribution in [2.75, 3.05) is 13.1 Å². The molecule has 0 fully saturated rings. The number of hydrogen-bond acceptors (Lipinski definition) is 4. The molecule has 0 atom stereocenters. The van der Waals surface area contributed by atoms with Crippen molar-refractivity contribution in [3.05, 3.63) is 58.3 Å². The number of rotatable bonds is 6. The maximum atomic E-state index is 11.6. The first kappa shape index (κ1) is 15.3. The first-order valence-corrected chi connectivity index (χ1v) is 7.10. The molecule has 0 bridgehead atoms. The lowest BCUT2D eigenvalue weighted by molar-refractivity contribution is 0.276. The van der Waals surface area contributed by atoms with Gasteiger partial charge in [0.1, 0.15) is 0 Å². The predicted molar refractivity (Wildman–Crippen MR) is 82.2 cm³/mol. The van der Waals surface area contributed by atoms with E-state index in [1.807, 2.05) is 19.2 Å². The molecule has 2 heterocycles. The van der Waals surface area contributed by atoms with Crippen molar-refractivity contribution in [3.63, 3.8) is 0 Å². The fourth-order valence-electron chi connectivity index (χ4n) is 2.23. The first-order valence-electron chi connectivity index (χ1n) is 7.10. The molecule has 5 nitrogen and oxygen atoms in total. The Morgan fingerprint density at radius 2 is 2.05 bits per heavy atom. The molecule has 1 N–H and O–H groups in total. The van der Waals surface area contributed by atoms with E-state index in [1.165, 1.54) is 17.8 Å². The van der Waals surface area contributed by atoms with Crippen molar-refractivity contribution in [1.29, 1.82) is 0 Å². The molecule has 0 aliphatic heterocycles. The summed E-state index contributed by atoms with van der Waals surface area (Å²) in [5.41, 5.74) is 1.82. The van der Waals surface area contributed by atoms with Gasteiger partial charge >= 0.3 is 0 Å². The van der Waals surface area contributed by atoms with Gasteiger partial charge in [-0.3, -0.25) is 14.7 Å². The van der Waals surface area contributed by atoms with E-state index in [0.717, 1.165) is 25.2 Å². The number of aromatic nitrogens is 2. The minimum Gasteiger partial charge on any atom is -0.503 e. The number of aryl methyl sites for hydroxylation is 1. The minimum absolute atomic E-state index is 0.207. The molecule has 0 aromatic carbocycles. The molecule has 0 saturated heterocycles. The molecule has 21 heavy (non-hydrogen) atoms. The van der Waals surface area contributed by atoms with E-state index in [4.69, 9.17) is 0 Å². The minimum atomic E-state index is -0.326. The topological polar surface area (TPSA) is 58.4 Å². The average molecular weight is 287 g/mol. The molecule has 0 aliphatic carbocycles. The zero-order chi connectivity index (χ0) is 15.2. The molecular weight excluding hydrogens is 266 g/mol. The zero-order valence-corrected chi connectivity index (χ0v) is 12.5. The Morgan fingerprint density at radius 3 is 2.71 bits per heavy atom. The summed E-state index contributed by atoms with van der Waals surface area (Å²) >= 11 is 0. The van der Waals surface area contributed by atoms with Crippen LogP contribution in [0.15, 0.2) is 41.6 Å². The van der Waals surface area contributed by atoms with Gasteiger partial charge in [-0.25, -0.2) is 0 Å². The number of hydrogen-bond donors (Lipinski definition) is 1. The molecule has 2 aromatic heterocycles. The SMILES string of the molecule is CCN(CCc1ccncc1)Cc1cc(=O)c(O)cn1C. The van der Waals surface area contributed by atoms with Crippen LogP contribution in [0.3, 0.4) is 0 Å². The van der Waals surface area contributed by atoms with Crippen LogP contribution in [0.2, 0.25) is 0 Å². The Morgan fingerprint density at radius 1 is 1.33 bits per heavy atom. The Labute approximate surface area is 124 Å². The number of pyridine rings is 2. The molecule has 0 aliphatic rings. The summed E-state index contributed by atoms with van der Waals surface area (Å²) in [6.45, 7) is 4.61. The van der Waals surface area contributed by atoms with Crippen LogP contribution in [-0.4, -0.2) is 32.6 Å². The van der Waals surface area contributed by atoms with Gasteiger partial charge in [0.05, 0.1) is 0 Å². The van der Waals surface area contributed by atoms with E-state index in [2.05, 4.69) is 16.8 Å². The van der Waals surface area contributed by atoms with Crippen molar-refractivity contribution in [3.8, 4) is 5.75 Å². The predicted octanol–water partition coefficient (Wildman–Crippen LogP) is 1.55. The highest BCUT2D eigenvalue weighted by Gasteiger charge is 2.08. The van der Waals surface area contributed by atoms with Crippen LogP contribution >= 0.6 is 0 Å². The quantitative estimate of drug-likeness (QED) is 0.876. The lowest BCUT2D eigenvalue weighted by atomic mass is 10.2. The summed E-state index contributed by atoms with van der Waals surface area (Å²) in [6.07, 6.45) is 6.02. The first-order chi connectivity index (χ1) is 10.1. The summed E-state index contributed by atoms with van der Waals surface area (Å²) in [5, 5.41) is 9.42. The van der Waals surface area contributed by atoms with Crippen LogP contribution in [0.5, 0.6) is 5.75 Å². The van der Waals surface area contributed by atoms with Gasteiger partial charge in [-0.2, -0.15) is 0 Å². The van der Waals surface area contributed by atoms with Crippen LogP contribution in [-0.2, 0) is 20.0 Å². The standard InChI is InChI=1S/C16H21N3O2/c1-3-19(9-6-13-4-7-17-8-5-13)11-14-10-15(20)16(21)12-18(14)2/h4-5,7-8,10,12,21H,3,6,9,11H2,1-2H3. The molecule has 0 unspecified atom stereocenters. The van der Waals surface area contributed by atoms with E-state index in [-0.39, 0.29) is 11.2 Å². The van der Waals surface area contributed by atoms with Gasteiger partial charge in [0, 0.05) is 50.5 Å². The molecular formula is C16H21N3O2. The molecule has 0 radical (unpaired) electrons. The van der Waals surface area contributed by atoms with Crippen LogP contribution in [0, 0.1) is 0 Å². The van der Waals surface area contributed by atoms with Crippen molar-refractivity contribution < 1.29 is 5.11 Å². The summed E-state index contributed by atoms with van der Waals surface area (Å²) in [7, 11) is 1.84. The second-order valence-corrected chi connectivity index (χ2v) is 5.10. The number of likely N-dealkylation sites (N-methyl/N-ethyl adjacent to an activating group) is 1. The van der Waals surface area contributed by atoms with Crippen molar-refractivity contribution >= 4 is 0 Å². The fraction of sp³-hybridized carbons (Fsp3) is 0.375. The molecule has 0 spiro atoms. The third-order valence-corrected chi connectivity index (χ3v) is 3.62. The van der Waals surface area contributed by atoms with Crippen LogP contribution < -0.4 is 5.43 Å². The van der Waals surface area contributed by atoms with Gasteiger partial charge in [-0.1, -0.05) is 6.92 Å². The Hall–Kier alpha value is -2.14. The van der Waals surface area contributed by atoms with E-state index in [0.29, 0.717) is 6.54 Å². The summed E-state index contributed by atoms with van der Waals surface area (Å²) in [6, 6.07) is 5.54. The number of aromatic hydroxyl groups is 1. The number of nitrogens with zero attached hydrogens (tertiary/aromatic N) is 3. The smallest absolute Gasteiger partial charge is 0.223 e.